The molecule has 0 spiro atoms. The molecule has 0 fully saturated rings. The predicted octanol–water partition coefficient (Wildman–Crippen LogP) is 1.99. The van der Waals surface area contributed by atoms with Gasteiger partial charge in [0.2, 0.25) is 0 Å². The van der Waals surface area contributed by atoms with E-state index in [9.17, 15) is 0 Å². The lowest BCUT2D eigenvalue weighted by atomic mass is 10.1. The standard InChI is InChI=1S/C10H12BrNO2/c1-6-9(11)7(5-12)4-8-10(6)14-3-2-13-8/h4H,2-3,5,12H2,1H3. The molecular formula is C10H12BrNO2. The Bertz CT molecular complexity index is 366. The zero-order chi connectivity index (χ0) is 10.1. The molecular weight excluding hydrogens is 246 g/mol. The van der Waals surface area contributed by atoms with Gasteiger partial charge in [-0.2, -0.15) is 0 Å². The quantitative estimate of drug-likeness (QED) is 0.837. The Morgan fingerprint density at radius 2 is 2.14 bits per heavy atom. The van der Waals surface area contributed by atoms with Crippen molar-refractivity contribution in [3.63, 3.8) is 0 Å². The van der Waals surface area contributed by atoms with E-state index in [0.29, 0.717) is 19.8 Å². The van der Waals surface area contributed by atoms with Gasteiger partial charge in [0.1, 0.15) is 13.2 Å². The highest BCUT2D eigenvalue weighted by Crippen LogP contribution is 2.39. The number of ether oxygens (including phenoxy) is 2. The number of hydrogen-bond acceptors (Lipinski definition) is 3. The number of halogens is 1. The van der Waals surface area contributed by atoms with E-state index in [1.54, 1.807) is 0 Å². The Hall–Kier alpha value is -0.740. The van der Waals surface area contributed by atoms with E-state index in [0.717, 1.165) is 27.1 Å². The minimum absolute atomic E-state index is 0.498. The maximum atomic E-state index is 5.63. The van der Waals surface area contributed by atoms with Crippen LogP contribution < -0.4 is 15.2 Å². The first-order chi connectivity index (χ1) is 6.74. The Kier molecular flexibility index (Phi) is 2.65. The molecule has 1 aliphatic heterocycles. The SMILES string of the molecule is Cc1c(Br)c(CN)cc2c1OCCO2. The average molecular weight is 258 g/mol. The number of rotatable bonds is 1. The Labute approximate surface area is 91.3 Å². The molecule has 2 rings (SSSR count). The van der Waals surface area contributed by atoms with E-state index in [-0.39, 0.29) is 0 Å². The lowest BCUT2D eigenvalue weighted by Crippen LogP contribution is -2.17. The highest BCUT2D eigenvalue weighted by Gasteiger charge is 2.18. The Morgan fingerprint density at radius 1 is 1.43 bits per heavy atom. The maximum absolute atomic E-state index is 5.63. The molecule has 0 radical (unpaired) electrons. The van der Waals surface area contributed by atoms with Crippen molar-refractivity contribution in [2.45, 2.75) is 13.5 Å². The van der Waals surface area contributed by atoms with Crippen molar-refractivity contribution in [3.8, 4) is 11.5 Å². The van der Waals surface area contributed by atoms with Gasteiger partial charge in [-0.05, 0) is 18.6 Å². The third-order valence-corrected chi connectivity index (χ3v) is 3.39. The van der Waals surface area contributed by atoms with E-state index >= 15 is 0 Å². The second-order valence-electron chi connectivity index (χ2n) is 3.20. The lowest BCUT2D eigenvalue weighted by Gasteiger charge is -2.22. The van der Waals surface area contributed by atoms with Crippen molar-refractivity contribution in [1.82, 2.24) is 0 Å². The zero-order valence-corrected chi connectivity index (χ0v) is 9.56. The van der Waals surface area contributed by atoms with Gasteiger partial charge in [-0.15, -0.1) is 0 Å². The third kappa shape index (κ3) is 1.48. The summed E-state index contributed by atoms with van der Waals surface area (Å²) in [7, 11) is 0. The summed E-state index contributed by atoms with van der Waals surface area (Å²) in [5.74, 6) is 1.64. The highest BCUT2D eigenvalue weighted by atomic mass is 79.9. The molecule has 3 nitrogen and oxygen atoms in total. The van der Waals surface area contributed by atoms with Gasteiger partial charge in [-0.25, -0.2) is 0 Å². The molecule has 0 amide bonds. The average Bonchev–Trinajstić information content (AvgIpc) is 2.23. The van der Waals surface area contributed by atoms with Crippen molar-refractivity contribution in [3.05, 3.63) is 21.7 Å². The van der Waals surface area contributed by atoms with Crippen molar-refractivity contribution in [1.29, 1.82) is 0 Å². The number of fused-ring (bicyclic) bond motifs is 1. The van der Waals surface area contributed by atoms with E-state index in [1.807, 2.05) is 13.0 Å². The van der Waals surface area contributed by atoms with Crippen molar-refractivity contribution in [2.75, 3.05) is 13.2 Å². The summed E-state index contributed by atoms with van der Waals surface area (Å²) in [6.45, 7) is 3.72. The van der Waals surface area contributed by atoms with Crippen molar-refractivity contribution < 1.29 is 9.47 Å². The normalized spacial score (nSPS) is 14.2. The van der Waals surface area contributed by atoms with Crippen LogP contribution in [-0.4, -0.2) is 13.2 Å². The largest absolute Gasteiger partial charge is 0.486 e. The van der Waals surface area contributed by atoms with Crippen LogP contribution in [0.3, 0.4) is 0 Å². The van der Waals surface area contributed by atoms with Crippen molar-refractivity contribution >= 4 is 15.9 Å². The Morgan fingerprint density at radius 3 is 2.86 bits per heavy atom. The van der Waals surface area contributed by atoms with Crippen LogP contribution in [0.2, 0.25) is 0 Å². The molecule has 14 heavy (non-hydrogen) atoms. The first-order valence-electron chi connectivity index (χ1n) is 4.51. The smallest absolute Gasteiger partial charge is 0.165 e. The number of nitrogens with two attached hydrogens (primary N) is 1. The summed E-state index contributed by atoms with van der Waals surface area (Å²) >= 11 is 3.50. The van der Waals surface area contributed by atoms with Gasteiger partial charge < -0.3 is 15.2 Å². The van der Waals surface area contributed by atoms with Crippen LogP contribution in [0.25, 0.3) is 0 Å². The van der Waals surface area contributed by atoms with Gasteiger partial charge in [0.25, 0.3) is 0 Å². The molecule has 0 bridgehead atoms. The molecule has 1 heterocycles. The molecule has 0 unspecified atom stereocenters. The van der Waals surface area contributed by atoms with Crippen LogP contribution >= 0.6 is 15.9 Å². The lowest BCUT2D eigenvalue weighted by molar-refractivity contribution is 0.170. The summed E-state index contributed by atoms with van der Waals surface area (Å²) in [6, 6.07) is 1.94. The first kappa shape index (κ1) is 9.80. The van der Waals surface area contributed by atoms with Crippen LogP contribution in [0.4, 0.5) is 0 Å². The molecule has 0 atom stereocenters. The highest BCUT2D eigenvalue weighted by molar-refractivity contribution is 9.10. The number of benzene rings is 1. The maximum Gasteiger partial charge on any atom is 0.165 e. The van der Waals surface area contributed by atoms with Gasteiger partial charge >= 0.3 is 0 Å². The van der Waals surface area contributed by atoms with Crippen LogP contribution in [0.15, 0.2) is 10.5 Å². The summed E-state index contributed by atoms with van der Waals surface area (Å²) in [6.07, 6.45) is 0. The van der Waals surface area contributed by atoms with Crippen molar-refractivity contribution in [2.24, 2.45) is 5.73 Å². The molecule has 2 N–H and O–H groups in total. The topological polar surface area (TPSA) is 44.5 Å². The third-order valence-electron chi connectivity index (χ3n) is 2.29. The fourth-order valence-electron chi connectivity index (χ4n) is 1.54. The molecule has 0 saturated heterocycles. The summed E-state index contributed by atoms with van der Waals surface area (Å²) in [4.78, 5) is 0. The summed E-state index contributed by atoms with van der Waals surface area (Å²) < 4.78 is 12.1. The van der Waals surface area contributed by atoms with Gasteiger partial charge in [0.05, 0.1) is 0 Å². The first-order valence-corrected chi connectivity index (χ1v) is 5.31. The fraction of sp³-hybridized carbons (Fsp3) is 0.400. The van der Waals surface area contributed by atoms with Gasteiger partial charge in [-0.1, -0.05) is 15.9 Å². The zero-order valence-electron chi connectivity index (χ0n) is 7.97. The van der Waals surface area contributed by atoms with E-state index < -0.39 is 0 Å². The molecule has 76 valence electrons. The summed E-state index contributed by atoms with van der Waals surface area (Å²) in [5, 5.41) is 0. The molecule has 0 aliphatic carbocycles. The molecule has 1 aromatic carbocycles. The molecule has 0 aromatic heterocycles. The van der Waals surface area contributed by atoms with Gasteiger partial charge in [0, 0.05) is 16.6 Å². The molecule has 1 aromatic rings. The number of hydrogen-bond donors (Lipinski definition) is 1. The van der Waals surface area contributed by atoms with Crippen LogP contribution in [-0.2, 0) is 6.54 Å². The second-order valence-corrected chi connectivity index (χ2v) is 4.00. The monoisotopic (exact) mass is 257 g/mol. The molecule has 0 saturated carbocycles. The fourth-order valence-corrected chi connectivity index (χ4v) is 2.00. The van der Waals surface area contributed by atoms with Crippen LogP contribution in [0, 0.1) is 6.92 Å². The predicted molar refractivity (Wildman–Crippen MR) is 57.8 cm³/mol. The second kappa shape index (κ2) is 3.79. The van der Waals surface area contributed by atoms with E-state index in [1.165, 1.54) is 0 Å². The van der Waals surface area contributed by atoms with Gasteiger partial charge in [-0.3, -0.25) is 0 Å². The van der Waals surface area contributed by atoms with Crippen LogP contribution in [0.5, 0.6) is 11.5 Å². The summed E-state index contributed by atoms with van der Waals surface area (Å²) in [5.41, 5.74) is 7.73. The minimum Gasteiger partial charge on any atom is -0.486 e. The van der Waals surface area contributed by atoms with Crippen LogP contribution in [0.1, 0.15) is 11.1 Å². The minimum atomic E-state index is 0.498. The van der Waals surface area contributed by atoms with E-state index in [2.05, 4.69) is 15.9 Å². The molecule has 1 aliphatic rings. The van der Waals surface area contributed by atoms with E-state index in [4.69, 9.17) is 15.2 Å². The van der Waals surface area contributed by atoms with Gasteiger partial charge in [0.15, 0.2) is 11.5 Å². The molecule has 4 heteroatoms. The Balaban J connectivity index is 2.57.